The predicted molar refractivity (Wildman–Crippen MR) is 79.1 cm³/mol. The number of rotatable bonds is 6. The van der Waals surface area contributed by atoms with Crippen LogP contribution in [0.15, 0.2) is 24.3 Å². The number of hydrogen-bond acceptors (Lipinski definition) is 4. The van der Waals surface area contributed by atoms with E-state index in [2.05, 4.69) is 0 Å². The molecule has 0 heterocycles. The van der Waals surface area contributed by atoms with Crippen LogP contribution in [0.3, 0.4) is 0 Å². The molecule has 5 nitrogen and oxygen atoms in total. The van der Waals surface area contributed by atoms with E-state index in [0.717, 1.165) is 11.6 Å². The summed E-state index contributed by atoms with van der Waals surface area (Å²) in [6.45, 7) is 5.45. The molecule has 114 valence electrons. The molecule has 0 radical (unpaired) electrons. The lowest BCUT2D eigenvalue weighted by Crippen LogP contribution is -2.32. The van der Waals surface area contributed by atoms with Crippen LogP contribution < -0.4 is 4.74 Å². The van der Waals surface area contributed by atoms with Crippen molar-refractivity contribution in [1.82, 2.24) is 0 Å². The second kappa shape index (κ2) is 6.92. The largest absolute Gasteiger partial charge is 0.492 e. The van der Waals surface area contributed by atoms with E-state index < -0.39 is 11.4 Å². The van der Waals surface area contributed by atoms with Crippen molar-refractivity contribution in [3.63, 3.8) is 0 Å². The number of hydrogen-bond donors (Lipinski definition) is 1. The molecule has 0 aliphatic rings. The van der Waals surface area contributed by atoms with Gasteiger partial charge in [-0.1, -0.05) is 18.2 Å². The Hall–Kier alpha value is -2.30. The van der Waals surface area contributed by atoms with E-state index in [1.54, 1.807) is 19.9 Å². The molecule has 0 saturated carbocycles. The number of esters is 1. The Balaban J connectivity index is 2.97. The van der Waals surface area contributed by atoms with Crippen LogP contribution in [0.5, 0.6) is 5.75 Å². The number of carbonyl (C=O) groups excluding carboxylic acids is 1. The Morgan fingerprint density at radius 2 is 2.00 bits per heavy atom. The van der Waals surface area contributed by atoms with Crippen LogP contribution in [0.4, 0.5) is 0 Å². The number of aryl methyl sites for hydroxylation is 1. The normalized spacial score (nSPS) is 11.4. The quantitative estimate of drug-likeness (QED) is 0.644. The zero-order chi connectivity index (χ0) is 16.0. The fourth-order valence-corrected chi connectivity index (χ4v) is 1.75. The Morgan fingerprint density at radius 1 is 1.33 bits per heavy atom. The van der Waals surface area contributed by atoms with Crippen molar-refractivity contribution in [3.05, 3.63) is 35.4 Å². The summed E-state index contributed by atoms with van der Waals surface area (Å²) in [6.07, 6.45) is 2.52. The first-order valence-electron chi connectivity index (χ1n) is 6.50. The van der Waals surface area contributed by atoms with Gasteiger partial charge in [-0.25, -0.2) is 4.79 Å². The van der Waals surface area contributed by atoms with E-state index in [9.17, 15) is 9.59 Å². The van der Waals surface area contributed by atoms with Crippen molar-refractivity contribution >= 4 is 18.0 Å². The van der Waals surface area contributed by atoms with Crippen molar-refractivity contribution in [2.45, 2.75) is 20.8 Å². The molecule has 1 N–H and O–H groups in total. The Labute approximate surface area is 124 Å². The number of carbonyl (C=O) groups is 2. The van der Waals surface area contributed by atoms with Crippen molar-refractivity contribution in [2.24, 2.45) is 5.41 Å². The lowest BCUT2D eigenvalue weighted by atomic mass is 9.95. The van der Waals surface area contributed by atoms with Gasteiger partial charge in [0.15, 0.2) is 0 Å². The third-order valence-electron chi connectivity index (χ3n) is 2.96. The highest BCUT2D eigenvalue weighted by Crippen LogP contribution is 2.27. The second-order valence-electron chi connectivity index (χ2n) is 5.33. The Morgan fingerprint density at radius 3 is 2.57 bits per heavy atom. The highest BCUT2D eigenvalue weighted by molar-refractivity contribution is 5.86. The Kier molecular flexibility index (Phi) is 5.52. The lowest BCUT2D eigenvalue weighted by Gasteiger charge is -2.23. The lowest BCUT2D eigenvalue weighted by molar-refractivity contribution is -0.152. The zero-order valence-corrected chi connectivity index (χ0v) is 12.7. The van der Waals surface area contributed by atoms with Gasteiger partial charge in [0.1, 0.15) is 12.4 Å². The number of methoxy groups -OCH3 is 1. The molecule has 0 fully saturated rings. The third-order valence-corrected chi connectivity index (χ3v) is 2.96. The predicted octanol–water partition coefficient (Wildman–Crippen LogP) is 2.67. The smallest absolute Gasteiger partial charge is 0.328 e. The Bertz CT molecular complexity index is 558. The minimum atomic E-state index is -1.03. The van der Waals surface area contributed by atoms with E-state index in [1.165, 1.54) is 13.2 Å². The molecule has 0 spiro atoms. The summed E-state index contributed by atoms with van der Waals surface area (Å²) < 4.78 is 10.5. The summed E-state index contributed by atoms with van der Waals surface area (Å²) in [6, 6.07) is 5.43. The van der Waals surface area contributed by atoms with E-state index in [1.807, 2.05) is 19.1 Å². The maximum Gasteiger partial charge on any atom is 0.328 e. The second-order valence-corrected chi connectivity index (χ2v) is 5.33. The first-order chi connectivity index (χ1) is 9.77. The molecule has 0 atom stereocenters. The molecular formula is C16H20O5. The standard InChI is InChI=1S/C16H20O5/c1-11-6-5-7-12(8-9-13(17)18)14(11)21-10-16(2,3)15(19)20-4/h5-9H,10H2,1-4H3,(H,17,18)/b9-8+. The first kappa shape index (κ1) is 16.8. The van der Waals surface area contributed by atoms with Crippen molar-refractivity contribution in [1.29, 1.82) is 0 Å². The monoisotopic (exact) mass is 292 g/mol. The summed E-state index contributed by atoms with van der Waals surface area (Å²) in [7, 11) is 1.33. The summed E-state index contributed by atoms with van der Waals surface area (Å²) in [4.78, 5) is 22.3. The van der Waals surface area contributed by atoms with Crippen LogP contribution in [0, 0.1) is 12.3 Å². The summed E-state index contributed by atoms with van der Waals surface area (Å²) in [5.74, 6) is -0.831. The van der Waals surface area contributed by atoms with E-state index in [0.29, 0.717) is 11.3 Å². The molecule has 0 unspecified atom stereocenters. The van der Waals surface area contributed by atoms with Crippen molar-refractivity contribution in [3.8, 4) is 5.75 Å². The van der Waals surface area contributed by atoms with Crippen LogP contribution in [-0.2, 0) is 14.3 Å². The van der Waals surface area contributed by atoms with Crippen molar-refractivity contribution in [2.75, 3.05) is 13.7 Å². The fourth-order valence-electron chi connectivity index (χ4n) is 1.75. The van der Waals surface area contributed by atoms with E-state index in [-0.39, 0.29) is 12.6 Å². The number of aliphatic carboxylic acids is 1. The van der Waals surface area contributed by atoms with Gasteiger partial charge in [0.05, 0.1) is 12.5 Å². The number of benzene rings is 1. The molecule has 0 aliphatic heterocycles. The van der Waals surface area contributed by atoms with Gasteiger partial charge in [-0.15, -0.1) is 0 Å². The fraction of sp³-hybridized carbons (Fsp3) is 0.375. The molecule has 5 heteroatoms. The molecule has 0 saturated heterocycles. The summed E-state index contributed by atoms with van der Waals surface area (Å²) in [5, 5.41) is 8.71. The van der Waals surface area contributed by atoms with Crippen LogP contribution in [-0.4, -0.2) is 30.8 Å². The van der Waals surface area contributed by atoms with Gasteiger partial charge >= 0.3 is 11.9 Å². The van der Waals surface area contributed by atoms with E-state index >= 15 is 0 Å². The van der Waals surface area contributed by atoms with Gasteiger partial charge in [-0.2, -0.15) is 0 Å². The average molecular weight is 292 g/mol. The molecule has 0 amide bonds. The molecule has 1 aromatic rings. The molecule has 0 aliphatic carbocycles. The maximum atomic E-state index is 11.6. The third kappa shape index (κ3) is 4.63. The van der Waals surface area contributed by atoms with Gasteiger partial charge < -0.3 is 14.6 Å². The molecule has 1 aromatic carbocycles. The SMILES string of the molecule is COC(=O)C(C)(C)COc1c(C)cccc1/C=C/C(=O)O. The van der Waals surface area contributed by atoms with Crippen LogP contribution in [0.2, 0.25) is 0 Å². The van der Waals surface area contributed by atoms with Gasteiger partial charge in [-0.05, 0) is 32.4 Å². The minimum absolute atomic E-state index is 0.137. The summed E-state index contributed by atoms with van der Waals surface area (Å²) in [5.41, 5.74) is 0.728. The number of carboxylic acid groups (broad SMARTS) is 1. The molecule has 0 bridgehead atoms. The summed E-state index contributed by atoms with van der Waals surface area (Å²) >= 11 is 0. The number of para-hydroxylation sites is 1. The van der Waals surface area contributed by atoms with E-state index in [4.69, 9.17) is 14.6 Å². The van der Waals surface area contributed by atoms with Crippen molar-refractivity contribution < 1.29 is 24.2 Å². The molecule has 1 rings (SSSR count). The number of carboxylic acids is 1. The first-order valence-corrected chi connectivity index (χ1v) is 6.50. The zero-order valence-electron chi connectivity index (χ0n) is 12.7. The number of ether oxygens (including phenoxy) is 2. The van der Waals surface area contributed by atoms with Crippen LogP contribution >= 0.6 is 0 Å². The molecular weight excluding hydrogens is 272 g/mol. The average Bonchev–Trinajstić information content (AvgIpc) is 2.42. The topological polar surface area (TPSA) is 72.8 Å². The van der Waals surface area contributed by atoms with Crippen LogP contribution in [0.25, 0.3) is 6.08 Å². The van der Waals surface area contributed by atoms with Gasteiger partial charge in [0.2, 0.25) is 0 Å². The van der Waals surface area contributed by atoms with Gasteiger partial charge in [0, 0.05) is 11.6 Å². The van der Waals surface area contributed by atoms with Gasteiger partial charge in [-0.3, -0.25) is 4.79 Å². The maximum absolute atomic E-state index is 11.6. The highest BCUT2D eigenvalue weighted by Gasteiger charge is 2.30. The molecule has 21 heavy (non-hydrogen) atoms. The minimum Gasteiger partial charge on any atom is -0.492 e. The highest BCUT2D eigenvalue weighted by atomic mass is 16.5. The molecule has 0 aromatic heterocycles. The van der Waals surface area contributed by atoms with Crippen LogP contribution in [0.1, 0.15) is 25.0 Å². The van der Waals surface area contributed by atoms with Gasteiger partial charge in [0.25, 0.3) is 0 Å².